The van der Waals surface area contributed by atoms with Gasteiger partial charge in [-0.15, -0.1) is 0 Å². The fourth-order valence-electron chi connectivity index (χ4n) is 3.52. The van der Waals surface area contributed by atoms with E-state index in [-0.39, 0.29) is 11.6 Å². The van der Waals surface area contributed by atoms with Crippen molar-refractivity contribution in [3.8, 4) is 22.7 Å². The van der Waals surface area contributed by atoms with Crippen molar-refractivity contribution in [2.24, 2.45) is 0 Å². The summed E-state index contributed by atoms with van der Waals surface area (Å²) in [6.07, 6.45) is 1.76. The van der Waals surface area contributed by atoms with Gasteiger partial charge in [0.2, 0.25) is 0 Å². The zero-order chi connectivity index (χ0) is 22.1. The van der Waals surface area contributed by atoms with E-state index in [2.05, 4.69) is 15.3 Å². The maximum atomic E-state index is 13.2. The predicted molar refractivity (Wildman–Crippen MR) is 123 cm³/mol. The number of furan rings is 1. The van der Waals surface area contributed by atoms with Crippen molar-refractivity contribution in [2.75, 3.05) is 11.1 Å². The quantitative estimate of drug-likeness (QED) is 0.381. The van der Waals surface area contributed by atoms with Gasteiger partial charge in [-0.2, -0.15) is 0 Å². The van der Waals surface area contributed by atoms with Gasteiger partial charge in [0.1, 0.15) is 23.0 Å². The monoisotopic (exact) mass is 425 g/mol. The lowest BCUT2D eigenvalue weighted by molar-refractivity contribution is 0.546. The molecule has 3 aromatic heterocycles. The maximum Gasteiger partial charge on any atom is 0.169 e. The van der Waals surface area contributed by atoms with Crippen molar-refractivity contribution in [3.05, 3.63) is 90.1 Å². The number of nitrogens with two attached hydrogens (primary N) is 1. The first-order chi connectivity index (χ1) is 15.6. The molecule has 158 valence electrons. The maximum absolute atomic E-state index is 13.2. The van der Waals surface area contributed by atoms with Gasteiger partial charge in [-0.05, 0) is 55.0 Å². The number of nitrogen functional groups attached to an aromatic ring is 1. The van der Waals surface area contributed by atoms with E-state index in [0.717, 1.165) is 27.8 Å². The second-order valence-corrected chi connectivity index (χ2v) is 7.46. The van der Waals surface area contributed by atoms with Gasteiger partial charge in [0.05, 0.1) is 5.52 Å². The second-order valence-electron chi connectivity index (χ2n) is 7.46. The van der Waals surface area contributed by atoms with E-state index in [4.69, 9.17) is 15.1 Å². The summed E-state index contributed by atoms with van der Waals surface area (Å²) in [6.45, 7) is 2.31. The Labute approximate surface area is 184 Å². The first-order valence-electron chi connectivity index (χ1n) is 10.1. The molecule has 5 aromatic rings. The molecule has 0 radical (unpaired) electrons. The third-order valence-corrected chi connectivity index (χ3v) is 5.15. The molecule has 2 aromatic carbocycles. The molecule has 5 rings (SSSR count). The van der Waals surface area contributed by atoms with Crippen LogP contribution in [0.2, 0.25) is 0 Å². The van der Waals surface area contributed by atoms with E-state index in [1.165, 1.54) is 12.1 Å². The Balaban J connectivity index is 1.59. The van der Waals surface area contributed by atoms with Crippen molar-refractivity contribution in [1.82, 2.24) is 15.0 Å². The van der Waals surface area contributed by atoms with Crippen molar-refractivity contribution >= 4 is 22.5 Å². The topological polar surface area (TPSA) is 89.9 Å². The molecule has 0 spiro atoms. The lowest BCUT2D eigenvalue weighted by Crippen LogP contribution is -2.08. The van der Waals surface area contributed by atoms with Crippen LogP contribution in [0.25, 0.3) is 33.6 Å². The van der Waals surface area contributed by atoms with E-state index in [0.29, 0.717) is 29.5 Å². The largest absolute Gasteiger partial charge is 0.460 e. The number of fused-ring (bicyclic) bond motifs is 1. The summed E-state index contributed by atoms with van der Waals surface area (Å²) in [5.41, 5.74) is 10.1. The molecule has 3 heterocycles. The Morgan fingerprint density at radius 2 is 1.81 bits per heavy atom. The smallest absolute Gasteiger partial charge is 0.169 e. The zero-order valence-electron chi connectivity index (χ0n) is 17.3. The van der Waals surface area contributed by atoms with E-state index >= 15 is 0 Å². The highest BCUT2D eigenvalue weighted by molar-refractivity contribution is 5.87. The molecular weight excluding hydrogens is 405 g/mol. The molecule has 0 saturated carbocycles. The Hall–Kier alpha value is -4.26. The molecular formula is C25H20FN5O. The van der Waals surface area contributed by atoms with Crippen molar-refractivity contribution in [2.45, 2.75) is 13.5 Å². The molecule has 7 heteroatoms. The molecule has 0 fully saturated rings. The number of nitrogens with one attached hydrogen (secondary N) is 1. The highest BCUT2D eigenvalue weighted by Gasteiger charge is 2.18. The third kappa shape index (κ3) is 3.88. The van der Waals surface area contributed by atoms with Crippen molar-refractivity contribution < 1.29 is 8.81 Å². The van der Waals surface area contributed by atoms with Crippen LogP contribution in [0, 0.1) is 12.7 Å². The van der Waals surface area contributed by atoms with Crippen LogP contribution in [0.15, 0.2) is 77.3 Å². The van der Waals surface area contributed by atoms with Gasteiger partial charge in [0.15, 0.2) is 17.4 Å². The first kappa shape index (κ1) is 19.7. The Kier molecular flexibility index (Phi) is 4.99. The minimum absolute atomic E-state index is 0.252. The average molecular weight is 425 g/mol. The number of nitrogens with zero attached hydrogens (tertiary/aromatic N) is 3. The third-order valence-electron chi connectivity index (χ3n) is 5.15. The van der Waals surface area contributed by atoms with Gasteiger partial charge in [-0.25, -0.2) is 14.4 Å². The summed E-state index contributed by atoms with van der Waals surface area (Å²) < 4.78 is 19.0. The summed E-state index contributed by atoms with van der Waals surface area (Å²) in [5.74, 6) is 1.78. The normalized spacial score (nSPS) is 11.1. The van der Waals surface area contributed by atoms with Gasteiger partial charge in [-0.1, -0.05) is 24.3 Å². The summed E-state index contributed by atoms with van der Waals surface area (Å²) in [6, 6.07) is 19.8. The first-order valence-corrected chi connectivity index (χ1v) is 10.1. The lowest BCUT2D eigenvalue weighted by atomic mass is 10.1. The fraction of sp³-hybridized carbons (Fsp3) is 0.0800. The van der Waals surface area contributed by atoms with E-state index in [1.807, 2.05) is 49.4 Å². The van der Waals surface area contributed by atoms with E-state index < -0.39 is 0 Å². The van der Waals surface area contributed by atoms with E-state index in [9.17, 15) is 4.39 Å². The number of hydrogen-bond acceptors (Lipinski definition) is 6. The molecule has 0 aliphatic rings. The lowest BCUT2D eigenvalue weighted by Gasteiger charge is -2.13. The fourth-order valence-corrected chi connectivity index (χ4v) is 3.52. The van der Waals surface area contributed by atoms with Gasteiger partial charge in [-0.3, -0.25) is 4.98 Å². The zero-order valence-corrected chi connectivity index (χ0v) is 17.3. The molecule has 3 N–H and O–H groups in total. The number of halogens is 1. The molecule has 0 unspecified atom stereocenters. The Morgan fingerprint density at radius 3 is 2.59 bits per heavy atom. The summed E-state index contributed by atoms with van der Waals surface area (Å²) in [5, 5.41) is 4.21. The van der Waals surface area contributed by atoms with Crippen molar-refractivity contribution in [1.29, 1.82) is 0 Å². The Morgan fingerprint density at radius 1 is 0.969 bits per heavy atom. The highest BCUT2D eigenvalue weighted by Crippen LogP contribution is 2.34. The SMILES string of the molecule is Cc1ccc(-c2nc(N)c(NCc3ccc(F)cc3)nc2-c2ccc3ncccc3c2)o1. The molecule has 0 aliphatic carbocycles. The molecule has 0 aliphatic heterocycles. The molecule has 0 amide bonds. The average Bonchev–Trinajstić information content (AvgIpc) is 3.25. The van der Waals surface area contributed by atoms with Crippen LogP contribution in [0.4, 0.5) is 16.0 Å². The van der Waals surface area contributed by atoms with Gasteiger partial charge < -0.3 is 15.5 Å². The minimum Gasteiger partial charge on any atom is -0.460 e. The highest BCUT2D eigenvalue weighted by atomic mass is 19.1. The summed E-state index contributed by atoms with van der Waals surface area (Å²) in [4.78, 5) is 13.8. The number of aromatic nitrogens is 3. The van der Waals surface area contributed by atoms with E-state index in [1.54, 1.807) is 18.3 Å². The molecule has 6 nitrogen and oxygen atoms in total. The van der Waals surface area contributed by atoms with Crippen LogP contribution in [-0.4, -0.2) is 15.0 Å². The van der Waals surface area contributed by atoms with Crippen LogP contribution in [0.1, 0.15) is 11.3 Å². The van der Waals surface area contributed by atoms with Gasteiger partial charge in [0.25, 0.3) is 0 Å². The van der Waals surface area contributed by atoms with Gasteiger partial charge in [0, 0.05) is 23.7 Å². The second kappa shape index (κ2) is 8.11. The standard InChI is InChI=1S/C25H20FN5O/c1-15-4-11-21(32-15)23-22(18-7-10-20-17(13-18)3-2-12-28-20)31-25(24(27)30-23)29-14-16-5-8-19(26)9-6-16/h2-13H,14H2,1H3,(H2,27,30)(H,29,31). The van der Waals surface area contributed by atoms with Crippen LogP contribution in [0.3, 0.4) is 0 Å². The van der Waals surface area contributed by atoms with Crippen LogP contribution < -0.4 is 11.1 Å². The number of rotatable bonds is 5. The number of benzene rings is 2. The molecule has 0 saturated heterocycles. The van der Waals surface area contributed by atoms with Gasteiger partial charge >= 0.3 is 0 Å². The predicted octanol–water partition coefficient (Wildman–Crippen LogP) is 5.59. The minimum atomic E-state index is -0.278. The van der Waals surface area contributed by atoms with Crippen LogP contribution >= 0.6 is 0 Å². The molecule has 0 atom stereocenters. The van der Waals surface area contributed by atoms with Crippen molar-refractivity contribution in [3.63, 3.8) is 0 Å². The van der Waals surface area contributed by atoms with Crippen LogP contribution in [-0.2, 0) is 6.54 Å². The Bertz CT molecular complexity index is 1410. The van der Waals surface area contributed by atoms with Crippen LogP contribution in [0.5, 0.6) is 0 Å². The number of pyridine rings is 1. The number of anilines is 2. The number of hydrogen-bond donors (Lipinski definition) is 2. The summed E-state index contributed by atoms with van der Waals surface area (Å²) in [7, 11) is 0. The summed E-state index contributed by atoms with van der Waals surface area (Å²) >= 11 is 0. The molecule has 0 bridgehead atoms. The number of aryl methyl sites for hydroxylation is 1. The molecule has 32 heavy (non-hydrogen) atoms.